The molecule has 1 fully saturated rings. The van der Waals surface area contributed by atoms with Crippen LogP contribution in [-0.2, 0) is 9.59 Å². The molecule has 7 heteroatoms. The lowest BCUT2D eigenvalue weighted by molar-refractivity contribution is -0.255. The molecule has 25 heavy (non-hydrogen) atoms. The third kappa shape index (κ3) is 3.30. The maximum atomic E-state index is 12.6. The van der Waals surface area contributed by atoms with Gasteiger partial charge in [-0.25, -0.2) is 4.90 Å². The maximum absolute atomic E-state index is 12.6. The van der Waals surface area contributed by atoms with E-state index in [-0.39, 0.29) is 23.8 Å². The minimum absolute atomic E-state index is 0.0122. The molecular formula is C18H15N2O5-. The molecule has 7 nitrogen and oxygen atoms in total. The van der Waals surface area contributed by atoms with Gasteiger partial charge in [0, 0.05) is 11.8 Å². The predicted molar refractivity (Wildman–Crippen MR) is 88.3 cm³/mol. The van der Waals surface area contributed by atoms with Gasteiger partial charge in [0.15, 0.2) is 0 Å². The lowest BCUT2D eigenvalue weighted by atomic mass is 10.2. The number of carboxylic acids is 1. The van der Waals surface area contributed by atoms with Crippen LogP contribution in [0.5, 0.6) is 5.75 Å². The van der Waals surface area contributed by atoms with Crippen LogP contribution >= 0.6 is 0 Å². The van der Waals surface area contributed by atoms with Crippen molar-refractivity contribution in [3.05, 3.63) is 54.1 Å². The van der Waals surface area contributed by atoms with Gasteiger partial charge in [0.25, 0.3) is 5.91 Å². The number of nitrogens with one attached hydrogen (secondary N) is 1. The molecule has 0 aromatic heterocycles. The first-order valence-corrected chi connectivity index (χ1v) is 7.58. The summed E-state index contributed by atoms with van der Waals surface area (Å²) in [6.45, 7) is 0. The van der Waals surface area contributed by atoms with Crippen molar-refractivity contribution < 1.29 is 24.2 Å². The van der Waals surface area contributed by atoms with Crippen molar-refractivity contribution >= 4 is 29.2 Å². The summed E-state index contributed by atoms with van der Waals surface area (Å²) < 4.78 is 5.12. The lowest BCUT2D eigenvalue weighted by Crippen LogP contribution is -2.34. The first-order chi connectivity index (χ1) is 12.0. The molecule has 0 aliphatic carbocycles. The van der Waals surface area contributed by atoms with Crippen molar-refractivity contribution in [3.8, 4) is 5.75 Å². The van der Waals surface area contributed by atoms with Crippen LogP contribution in [-0.4, -0.2) is 30.9 Å². The second kappa shape index (κ2) is 6.64. The highest BCUT2D eigenvalue weighted by Crippen LogP contribution is 2.27. The van der Waals surface area contributed by atoms with Crippen LogP contribution in [0.2, 0.25) is 0 Å². The molecule has 2 aromatic rings. The SMILES string of the molecule is COc1cccc(N2C(=O)C[C@H](Nc3ccc(C(=O)[O-])cc3)C2=O)c1. The Morgan fingerprint density at radius 1 is 1.20 bits per heavy atom. The van der Waals surface area contributed by atoms with Gasteiger partial charge >= 0.3 is 0 Å². The van der Waals surface area contributed by atoms with Gasteiger partial charge in [-0.2, -0.15) is 0 Å². The number of hydrogen-bond acceptors (Lipinski definition) is 6. The minimum Gasteiger partial charge on any atom is -0.545 e. The van der Waals surface area contributed by atoms with Crippen molar-refractivity contribution in [2.75, 3.05) is 17.3 Å². The van der Waals surface area contributed by atoms with E-state index < -0.39 is 12.0 Å². The topological polar surface area (TPSA) is 98.8 Å². The Labute approximate surface area is 143 Å². The number of anilines is 2. The molecule has 1 aliphatic rings. The smallest absolute Gasteiger partial charge is 0.256 e. The monoisotopic (exact) mass is 339 g/mol. The second-order valence-corrected chi connectivity index (χ2v) is 5.53. The number of carbonyl (C=O) groups is 3. The van der Waals surface area contributed by atoms with Crippen molar-refractivity contribution in [1.82, 2.24) is 0 Å². The Morgan fingerprint density at radius 2 is 1.92 bits per heavy atom. The third-order valence-corrected chi connectivity index (χ3v) is 3.92. The fraction of sp³-hybridized carbons (Fsp3) is 0.167. The van der Waals surface area contributed by atoms with Crippen LogP contribution in [0.4, 0.5) is 11.4 Å². The summed E-state index contributed by atoms with van der Waals surface area (Å²) in [5.41, 5.74) is 1.03. The van der Waals surface area contributed by atoms with Crippen molar-refractivity contribution in [2.45, 2.75) is 12.5 Å². The molecule has 2 aromatic carbocycles. The highest BCUT2D eigenvalue weighted by Gasteiger charge is 2.39. The van der Waals surface area contributed by atoms with Crippen LogP contribution in [0, 0.1) is 0 Å². The zero-order chi connectivity index (χ0) is 18.0. The van der Waals surface area contributed by atoms with E-state index in [0.717, 1.165) is 4.90 Å². The van der Waals surface area contributed by atoms with Gasteiger partial charge in [-0.15, -0.1) is 0 Å². The third-order valence-electron chi connectivity index (χ3n) is 3.92. The molecule has 1 aliphatic heterocycles. The van der Waals surface area contributed by atoms with E-state index in [1.807, 2.05) is 0 Å². The van der Waals surface area contributed by atoms with E-state index in [0.29, 0.717) is 17.1 Å². The summed E-state index contributed by atoms with van der Waals surface area (Å²) in [6, 6.07) is 11.8. The largest absolute Gasteiger partial charge is 0.545 e. The van der Waals surface area contributed by atoms with E-state index in [2.05, 4.69) is 5.32 Å². The molecule has 1 saturated heterocycles. The average Bonchev–Trinajstić information content (AvgIpc) is 2.89. The van der Waals surface area contributed by atoms with Gasteiger partial charge in [0.2, 0.25) is 5.91 Å². The Bertz CT molecular complexity index is 832. The van der Waals surface area contributed by atoms with Crippen molar-refractivity contribution in [3.63, 3.8) is 0 Å². The zero-order valence-corrected chi connectivity index (χ0v) is 13.4. The van der Waals surface area contributed by atoms with Gasteiger partial charge in [-0.05, 0) is 29.8 Å². The number of methoxy groups -OCH3 is 1. The first-order valence-electron chi connectivity index (χ1n) is 7.58. The molecular weight excluding hydrogens is 324 g/mol. The molecule has 0 spiro atoms. The predicted octanol–water partition coefficient (Wildman–Crippen LogP) is 0.803. The molecule has 3 rings (SSSR count). The number of nitrogens with zero attached hydrogens (tertiary/aromatic N) is 1. The highest BCUT2D eigenvalue weighted by atomic mass is 16.5. The maximum Gasteiger partial charge on any atom is 0.256 e. The van der Waals surface area contributed by atoms with Crippen LogP contribution < -0.4 is 20.1 Å². The van der Waals surface area contributed by atoms with Crippen LogP contribution in [0.1, 0.15) is 16.8 Å². The van der Waals surface area contributed by atoms with Crippen LogP contribution in [0.3, 0.4) is 0 Å². The fourth-order valence-electron chi connectivity index (χ4n) is 2.67. The molecule has 0 bridgehead atoms. The normalized spacial score (nSPS) is 16.8. The Hall–Kier alpha value is -3.35. The number of carboxylic acid groups (broad SMARTS) is 1. The first kappa shape index (κ1) is 16.5. The van der Waals surface area contributed by atoms with Gasteiger partial charge < -0.3 is 20.0 Å². The number of carbonyl (C=O) groups excluding carboxylic acids is 3. The molecule has 1 atom stereocenters. The van der Waals surface area contributed by atoms with Crippen molar-refractivity contribution in [1.29, 1.82) is 0 Å². The number of aromatic carboxylic acids is 1. The molecule has 1 heterocycles. The highest BCUT2D eigenvalue weighted by molar-refractivity contribution is 6.23. The number of amides is 2. The Kier molecular flexibility index (Phi) is 4.38. The summed E-state index contributed by atoms with van der Waals surface area (Å²) in [6.07, 6.45) is 0.0122. The van der Waals surface area contributed by atoms with E-state index in [1.165, 1.54) is 31.4 Å². The number of hydrogen-bond donors (Lipinski definition) is 1. The Balaban J connectivity index is 1.77. The van der Waals surface area contributed by atoms with Gasteiger partial charge in [-0.3, -0.25) is 9.59 Å². The van der Waals surface area contributed by atoms with Gasteiger partial charge in [0.1, 0.15) is 11.8 Å². The summed E-state index contributed by atoms with van der Waals surface area (Å²) in [5, 5.41) is 13.7. The van der Waals surface area contributed by atoms with E-state index in [4.69, 9.17) is 4.74 Å². The molecule has 0 radical (unpaired) electrons. The standard InChI is InChI=1S/C18H16N2O5/c1-25-14-4-2-3-13(9-14)20-16(21)10-15(17(20)22)19-12-7-5-11(6-8-12)18(23)24/h2-9,15,19H,10H2,1H3,(H,23,24)/p-1/t15-/m0/s1. The molecule has 128 valence electrons. The summed E-state index contributed by atoms with van der Waals surface area (Å²) in [4.78, 5) is 36.7. The number of imide groups is 1. The van der Waals surface area contributed by atoms with Crippen molar-refractivity contribution in [2.24, 2.45) is 0 Å². The zero-order valence-electron chi connectivity index (χ0n) is 13.4. The molecule has 1 N–H and O–H groups in total. The quantitative estimate of drug-likeness (QED) is 0.809. The summed E-state index contributed by atoms with van der Waals surface area (Å²) in [7, 11) is 1.51. The fourth-order valence-corrected chi connectivity index (χ4v) is 2.67. The number of benzene rings is 2. The Morgan fingerprint density at radius 3 is 2.56 bits per heavy atom. The van der Waals surface area contributed by atoms with E-state index in [1.54, 1.807) is 24.3 Å². The molecule has 0 unspecified atom stereocenters. The molecule has 0 saturated carbocycles. The lowest BCUT2D eigenvalue weighted by Gasteiger charge is -2.17. The average molecular weight is 339 g/mol. The summed E-state index contributed by atoms with van der Waals surface area (Å²) in [5.74, 6) is -1.42. The van der Waals surface area contributed by atoms with E-state index >= 15 is 0 Å². The number of ether oxygens (including phenoxy) is 1. The van der Waals surface area contributed by atoms with Crippen LogP contribution in [0.15, 0.2) is 48.5 Å². The van der Waals surface area contributed by atoms with Gasteiger partial charge in [-0.1, -0.05) is 18.2 Å². The molecule has 2 amide bonds. The van der Waals surface area contributed by atoms with E-state index in [9.17, 15) is 19.5 Å². The van der Waals surface area contributed by atoms with Gasteiger partial charge in [0.05, 0.1) is 25.2 Å². The minimum atomic E-state index is -1.28. The number of rotatable bonds is 5. The summed E-state index contributed by atoms with van der Waals surface area (Å²) >= 11 is 0. The van der Waals surface area contributed by atoms with Crippen LogP contribution in [0.25, 0.3) is 0 Å². The second-order valence-electron chi connectivity index (χ2n) is 5.53.